The van der Waals surface area contributed by atoms with Gasteiger partial charge >= 0.3 is 5.97 Å². The number of rotatable bonds is 4. The van der Waals surface area contributed by atoms with Crippen molar-refractivity contribution in [3.63, 3.8) is 0 Å². The van der Waals surface area contributed by atoms with Crippen molar-refractivity contribution in [2.45, 2.75) is 24.7 Å². The molecule has 2 rings (SSSR count). The van der Waals surface area contributed by atoms with Crippen LogP contribution in [0.5, 0.6) is 0 Å². The van der Waals surface area contributed by atoms with Crippen molar-refractivity contribution < 1.29 is 22.7 Å². The highest BCUT2D eigenvalue weighted by atomic mass is 32.2. The number of carboxylic acid groups (broad SMARTS) is 1. The van der Waals surface area contributed by atoms with Crippen LogP contribution in [0, 0.1) is 0 Å². The Morgan fingerprint density at radius 3 is 2.19 bits per heavy atom. The van der Waals surface area contributed by atoms with E-state index in [4.69, 9.17) is 9.52 Å². The molecule has 0 saturated carbocycles. The molecule has 1 N–H and O–H groups in total. The summed E-state index contributed by atoms with van der Waals surface area (Å²) in [6, 6.07) is 5.95. The maximum atomic E-state index is 11.4. The van der Waals surface area contributed by atoms with Gasteiger partial charge < -0.3 is 9.52 Å². The van der Waals surface area contributed by atoms with Crippen molar-refractivity contribution >= 4 is 15.8 Å². The highest BCUT2D eigenvalue weighted by Crippen LogP contribution is 2.27. The molecular weight excluding hydrogens is 294 g/mol. The third-order valence-corrected chi connectivity index (χ3v) is 4.05. The van der Waals surface area contributed by atoms with Gasteiger partial charge in [-0.3, -0.25) is 0 Å². The second-order valence-electron chi connectivity index (χ2n) is 4.99. The first-order valence-electron chi connectivity index (χ1n) is 6.24. The van der Waals surface area contributed by atoms with Gasteiger partial charge in [0.25, 0.3) is 0 Å². The van der Waals surface area contributed by atoms with E-state index in [0.717, 1.165) is 6.26 Å². The van der Waals surface area contributed by atoms with Crippen LogP contribution in [0.25, 0.3) is 11.5 Å². The summed E-state index contributed by atoms with van der Waals surface area (Å²) in [4.78, 5) is 15.5. The van der Waals surface area contributed by atoms with Crippen molar-refractivity contribution in [2.24, 2.45) is 0 Å². The summed E-state index contributed by atoms with van der Waals surface area (Å²) in [5.74, 6) is -1.29. The number of carboxylic acids is 1. The molecular formula is C14H15NO5S. The standard InChI is InChI=1S/C14H15NO5S/c1-8(2)11-12(14(16)17)20-13(15-11)9-4-6-10(7-5-9)21(3,18)19/h4-8H,1-3H3,(H,16,17). The molecule has 1 aromatic heterocycles. The van der Waals surface area contributed by atoms with Crippen LogP contribution in [0.15, 0.2) is 33.6 Å². The molecule has 112 valence electrons. The third-order valence-electron chi connectivity index (χ3n) is 2.92. The Morgan fingerprint density at radius 1 is 1.24 bits per heavy atom. The van der Waals surface area contributed by atoms with Crippen LogP contribution in [-0.4, -0.2) is 30.7 Å². The molecule has 0 bridgehead atoms. The number of oxazole rings is 1. The first-order valence-corrected chi connectivity index (χ1v) is 8.14. The van der Waals surface area contributed by atoms with E-state index >= 15 is 0 Å². The van der Waals surface area contributed by atoms with Crippen LogP contribution in [-0.2, 0) is 9.84 Å². The molecule has 0 spiro atoms. The lowest BCUT2D eigenvalue weighted by molar-refractivity contribution is 0.0661. The zero-order valence-electron chi connectivity index (χ0n) is 11.8. The SMILES string of the molecule is CC(C)c1nc(-c2ccc(S(C)(=O)=O)cc2)oc1C(=O)O. The summed E-state index contributed by atoms with van der Waals surface area (Å²) in [6.07, 6.45) is 1.12. The van der Waals surface area contributed by atoms with Crippen molar-refractivity contribution in [3.8, 4) is 11.5 Å². The molecule has 0 radical (unpaired) electrons. The molecule has 6 nitrogen and oxygen atoms in total. The molecule has 0 aliphatic heterocycles. The maximum absolute atomic E-state index is 11.4. The Hall–Kier alpha value is -2.15. The predicted molar refractivity (Wildman–Crippen MR) is 76.1 cm³/mol. The largest absolute Gasteiger partial charge is 0.475 e. The van der Waals surface area contributed by atoms with E-state index in [1.165, 1.54) is 24.3 Å². The third kappa shape index (κ3) is 3.13. The van der Waals surface area contributed by atoms with E-state index < -0.39 is 15.8 Å². The highest BCUT2D eigenvalue weighted by Gasteiger charge is 2.22. The molecule has 0 unspecified atom stereocenters. The van der Waals surface area contributed by atoms with E-state index in [0.29, 0.717) is 11.3 Å². The van der Waals surface area contributed by atoms with Gasteiger partial charge in [-0.15, -0.1) is 0 Å². The number of hydrogen-bond donors (Lipinski definition) is 1. The van der Waals surface area contributed by atoms with E-state index in [9.17, 15) is 13.2 Å². The predicted octanol–water partition coefficient (Wildman–Crippen LogP) is 2.57. The summed E-state index contributed by atoms with van der Waals surface area (Å²) in [7, 11) is -3.28. The van der Waals surface area contributed by atoms with Crippen molar-refractivity contribution in [1.29, 1.82) is 0 Å². The lowest BCUT2D eigenvalue weighted by atomic mass is 10.1. The lowest BCUT2D eigenvalue weighted by Crippen LogP contribution is -2.01. The summed E-state index contributed by atoms with van der Waals surface area (Å²) >= 11 is 0. The number of benzene rings is 1. The smallest absolute Gasteiger partial charge is 0.373 e. The number of sulfone groups is 1. The number of aromatic carboxylic acids is 1. The number of nitrogens with zero attached hydrogens (tertiary/aromatic N) is 1. The molecule has 21 heavy (non-hydrogen) atoms. The number of hydrogen-bond acceptors (Lipinski definition) is 5. The second kappa shape index (κ2) is 5.33. The summed E-state index contributed by atoms with van der Waals surface area (Å²) in [5, 5.41) is 9.11. The van der Waals surface area contributed by atoms with Gasteiger partial charge in [0.15, 0.2) is 9.84 Å². The first kappa shape index (κ1) is 15.2. The van der Waals surface area contributed by atoms with Crippen molar-refractivity contribution in [1.82, 2.24) is 4.98 Å². The second-order valence-corrected chi connectivity index (χ2v) is 7.01. The summed E-state index contributed by atoms with van der Waals surface area (Å²) in [6.45, 7) is 3.64. The fraction of sp³-hybridized carbons (Fsp3) is 0.286. The number of carbonyl (C=O) groups is 1. The average Bonchev–Trinajstić information content (AvgIpc) is 2.83. The fourth-order valence-electron chi connectivity index (χ4n) is 1.84. The van der Waals surface area contributed by atoms with E-state index in [1.807, 2.05) is 13.8 Å². The van der Waals surface area contributed by atoms with E-state index in [2.05, 4.69) is 4.98 Å². The van der Waals surface area contributed by atoms with Crippen LogP contribution in [0.3, 0.4) is 0 Å². The van der Waals surface area contributed by atoms with Crippen LogP contribution in [0.1, 0.15) is 36.0 Å². The van der Waals surface area contributed by atoms with Gasteiger partial charge in [0.1, 0.15) is 0 Å². The van der Waals surface area contributed by atoms with Gasteiger partial charge in [-0.05, 0) is 30.2 Å². The molecule has 0 aliphatic rings. The van der Waals surface area contributed by atoms with Crippen molar-refractivity contribution in [3.05, 3.63) is 35.7 Å². The van der Waals surface area contributed by atoms with Gasteiger partial charge in [-0.25, -0.2) is 18.2 Å². The molecule has 2 aromatic rings. The molecule has 0 fully saturated rings. The molecule has 1 aromatic carbocycles. The van der Waals surface area contributed by atoms with Crippen LogP contribution in [0.4, 0.5) is 0 Å². The first-order chi connectivity index (χ1) is 9.70. The quantitative estimate of drug-likeness (QED) is 0.932. The Labute approximate surface area is 122 Å². The van der Waals surface area contributed by atoms with E-state index in [1.54, 1.807) is 0 Å². The van der Waals surface area contributed by atoms with Gasteiger partial charge in [-0.2, -0.15) is 0 Å². The van der Waals surface area contributed by atoms with Gasteiger partial charge in [-0.1, -0.05) is 13.8 Å². The monoisotopic (exact) mass is 309 g/mol. The maximum Gasteiger partial charge on any atom is 0.373 e. The summed E-state index contributed by atoms with van der Waals surface area (Å²) in [5.41, 5.74) is 0.890. The van der Waals surface area contributed by atoms with Crippen LogP contribution < -0.4 is 0 Å². The zero-order valence-corrected chi connectivity index (χ0v) is 12.6. The minimum Gasteiger partial charge on any atom is -0.475 e. The van der Waals surface area contributed by atoms with Crippen LogP contribution in [0.2, 0.25) is 0 Å². The minimum atomic E-state index is -3.28. The fourth-order valence-corrected chi connectivity index (χ4v) is 2.48. The Kier molecular flexibility index (Phi) is 3.87. The Morgan fingerprint density at radius 2 is 1.81 bits per heavy atom. The normalized spacial score (nSPS) is 11.8. The highest BCUT2D eigenvalue weighted by molar-refractivity contribution is 7.90. The Bertz CT molecular complexity index is 772. The molecule has 1 heterocycles. The summed E-state index contributed by atoms with van der Waals surface area (Å²) < 4.78 is 28.1. The molecule has 0 amide bonds. The van der Waals surface area contributed by atoms with Crippen molar-refractivity contribution in [2.75, 3.05) is 6.26 Å². The van der Waals surface area contributed by atoms with Crippen LogP contribution >= 0.6 is 0 Å². The van der Waals surface area contributed by atoms with Gasteiger partial charge in [0.05, 0.1) is 10.6 Å². The zero-order chi connectivity index (χ0) is 15.8. The Balaban J connectivity index is 2.48. The molecule has 7 heteroatoms. The molecule has 0 saturated heterocycles. The average molecular weight is 309 g/mol. The topological polar surface area (TPSA) is 97.5 Å². The molecule has 0 aliphatic carbocycles. The lowest BCUT2D eigenvalue weighted by Gasteiger charge is -1.99. The van der Waals surface area contributed by atoms with Gasteiger partial charge in [0, 0.05) is 11.8 Å². The molecule has 0 atom stereocenters. The van der Waals surface area contributed by atoms with Gasteiger partial charge in [0.2, 0.25) is 11.7 Å². The minimum absolute atomic E-state index is 0.0936. The van der Waals surface area contributed by atoms with E-state index in [-0.39, 0.29) is 22.5 Å². The number of aromatic nitrogens is 1.